The van der Waals surface area contributed by atoms with Crippen molar-refractivity contribution in [1.29, 1.82) is 0 Å². The predicted octanol–water partition coefficient (Wildman–Crippen LogP) is 2.20. The molecule has 18 heavy (non-hydrogen) atoms. The van der Waals surface area contributed by atoms with Crippen molar-refractivity contribution >= 4 is 12.0 Å². The lowest BCUT2D eigenvalue weighted by Crippen LogP contribution is -2.11. The summed E-state index contributed by atoms with van der Waals surface area (Å²) in [5, 5.41) is 9.96. The Kier molecular flexibility index (Phi) is 4.01. The lowest BCUT2D eigenvalue weighted by Gasteiger charge is -2.21. The number of aromatic hydroxyl groups is 1. The third-order valence-electron chi connectivity index (χ3n) is 2.62. The Labute approximate surface area is 107 Å². The van der Waals surface area contributed by atoms with Gasteiger partial charge in [-0.2, -0.15) is 0 Å². The van der Waals surface area contributed by atoms with Gasteiger partial charge in [0.2, 0.25) is 5.91 Å². The molecule has 0 heterocycles. The molecule has 4 heteroatoms. The molecule has 3 N–H and O–H groups in total. The summed E-state index contributed by atoms with van der Waals surface area (Å²) < 4.78 is 5.13. The van der Waals surface area contributed by atoms with Gasteiger partial charge in [0.1, 0.15) is 0 Å². The Morgan fingerprint density at radius 1 is 1.39 bits per heavy atom. The van der Waals surface area contributed by atoms with Crippen molar-refractivity contribution in [2.24, 2.45) is 5.73 Å². The SMILES string of the molecule is COc1cc(C(C)(C)C)cc(/C=C/C(N)=O)c1O. The summed E-state index contributed by atoms with van der Waals surface area (Å²) in [4.78, 5) is 10.7. The maximum Gasteiger partial charge on any atom is 0.241 e. The third-order valence-corrected chi connectivity index (χ3v) is 2.62. The number of carbonyl (C=O) groups excluding carboxylic acids is 1. The number of hydrogen-bond acceptors (Lipinski definition) is 3. The molecule has 0 aliphatic carbocycles. The third kappa shape index (κ3) is 3.26. The second-order valence-electron chi connectivity index (χ2n) is 5.10. The van der Waals surface area contributed by atoms with Crippen LogP contribution >= 0.6 is 0 Å². The van der Waals surface area contributed by atoms with E-state index in [1.54, 1.807) is 6.07 Å². The van der Waals surface area contributed by atoms with Gasteiger partial charge in [0, 0.05) is 11.6 Å². The van der Waals surface area contributed by atoms with Crippen LogP contribution < -0.4 is 10.5 Å². The van der Waals surface area contributed by atoms with E-state index in [0.717, 1.165) is 5.56 Å². The van der Waals surface area contributed by atoms with Gasteiger partial charge in [-0.05, 0) is 29.2 Å². The van der Waals surface area contributed by atoms with E-state index in [4.69, 9.17) is 10.5 Å². The van der Waals surface area contributed by atoms with E-state index >= 15 is 0 Å². The number of benzene rings is 1. The van der Waals surface area contributed by atoms with Gasteiger partial charge >= 0.3 is 0 Å². The van der Waals surface area contributed by atoms with Crippen molar-refractivity contribution in [1.82, 2.24) is 0 Å². The van der Waals surface area contributed by atoms with Gasteiger partial charge in [-0.25, -0.2) is 0 Å². The maximum absolute atomic E-state index is 10.7. The minimum Gasteiger partial charge on any atom is -0.504 e. The summed E-state index contributed by atoms with van der Waals surface area (Å²) in [5.41, 5.74) is 6.47. The molecule has 1 aromatic carbocycles. The van der Waals surface area contributed by atoms with E-state index in [9.17, 15) is 9.90 Å². The van der Waals surface area contributed by atoms with Gasteiger partial charge in [-0.3, -0.25) is 4.79 Å². The Morgan fingerprint density at radius 3 is 2.44 bits per heavy atom. The average molecular weight is 249 g/mol. The van der Waals surface area contributed by atoms with Crippen LogP contribution in [0.4, 0.5) is 0 Å². The van der Waals surface area contributed by atoms with E-state index in [1.807, 2.05) is 6.07 Å². The number of ether oxygens (including phenoxy) is 1. The molecule has 1 aromatic rings. The normalized spacial score (nSPS) is 11.8. The molecule has 4 nitrogen and oxygen atoms in total. The van der Waals surface area contributed by atoms with Crippen LogP contribution in [-0.4, -0.2) is 18.1 Å². The van der Waals surface area contributed by atoms with Gasteiger partial charge in [0.15, 0.2) is 11.5 Å². The van der Waals surface area contributed by atoms with E-state index in [-0.39, 0.29) is 11.2 Å². The molecular formula is C14H19NO3. The Balaban J connectivity index is 3.36. The minimum absolute atomic E-state index is 0.00278. The van der Waals surface area contributed by atoms with Crippen LogP contribution in [0, 0.1) is 0 Å². The van der Waals surface area contributed by atoms with Crippen LogP contribution in [0.15, 0.2) is 18.2 Å². The van der Waals surface area contributed by atoms with Crippen molar-refractivity contribution in [2.75, 3.05) is 7.11 Å². The van der Waals surface area contributed by atoms with Crippen LogP contribution in [0.1, 0.15) is 31.9 Å². The summed E-state index contributed by atoms with van der Waals surface area (Å²) in [7, 11) is 1.49. The topological polar surface area (TPSA) is 72.5 Å². The summed E-state index contributed by atoms with van der Waals surface area (Å²) in [6.45, 7) is 6.17. The Hall–Kier alpha value is -1.97. The highest BCUT2D eigenvalue weighted by Gasteiger charge is 2.18. The van der Waals surface area contributed by atoms with Gasteiger partial charge < -0.3 is 15.6 Å². The lowest BCUT2D eigenvalue weighted by atomic mass is 9.85. The number of methoxy groups -OCH3 is 1. The van der Waals surface area contributed by atoms with Crippen LogP contribution in [0.5, 0.6) is 11.5 Å². The largest absolute Gasteiger partial charge is 0.504 e. The van der Waals surface area contributed by atoms with Crippen LogP contribution in [0.2, 0.25) is 0 Å². The lowest BCUT2D eigenvalue weighted by molar-refractivity contribution is -0.113. The molecule has 98 valence electrons. The Bertz CT molecular complexity index is 485. The summed E-state index contributed by atoms with van der Waals surface area (Å²) in [6, 6.07) is 3.61. The number of hydrogen-bond donors (Lipinski definition) is 2. The van der Waals surface area contributed by atoms with Crippen LogP contribution in [0.25, 0.3) is 6.08 Å². The number of nitrogens with two attached hydrogens (primary N) is 1. The molecule has 0 atom stereocenters. The fourth-order valence-corrected chi connectivity index (χ4v) is 1.52. The molecule has 1 amide bonds. The first-order valence-corrected chi connectivity index (χ1v) is 5.64. The molecular weight excluding hydrogens is 230 g/mol. The first-order valence-electron chi connectivity index (χ1n) is 5.64. The molecule has 0 bridgehead atoms. The maximum atomic E-state index is 10.7. The molecule has 0 saturated carbocycles. The van der Waals surface area contributed by atoms with Crippen molar-refractivity contribution in [3.05, 3.63) is 29.3 Å². The highest BCUT2D eigenvalue weighted by molar-refractivity contribution is 5.90. The van der Waals surface area contributed by atoms with Gasteiger partial charge in [-0.1, -0.05) is 20.8 Å². The molecule has 0 aliphatic heterocycles. The first kappa shape index (κ1) is 14.1. The van der Waals surface area contributed by atoms with E-state index in [0.29, 0.717) is 11.3 Å². The molecule has 0 fully saturated rings. The van der Waals surface area contributed by atoms with Crippen molar-refractivity contribution < 1.29 is 14.6 Å². The van der Waals surface area contributed by atoms with Crippen molar-refractivity contribution in [3.8, 4) is 11.5 Å². The highest BCUT2D eigenvalue weighted by Crippen LogP contribution is 2.36. The second-order valence-corrected chi connectivity index (χ2v) is 5.10. The summed E-state index contributed by atoms with van der Waals surface area (Å²) >= 11 is 0. The van der Waals surface area contributed by atoms with Crippen LogP contribution in [-0.2, 0) is 10.2 Å². The van der Waals surface area contributed by atoms with Crippen LogP contribution in [0.3, 0.4) is 0 Å². The summed E-state index contributed by atoms with van der Waals surface area (Å²) in [5.74, 6) is -0.177. The second kappa shape index (κ2) is 5.12. The number of rotatable bonds is 3. The molecule has 0 aromatic heterocycles. The Morgan fingerprint density at radius 2 is 2.00 bits per heavy atom. The highest BCUT2D eigenvalue weighted by atomic mass is 16.5. The number of phenolic OH excluding ortho intramolecular Hbond substituents is 1. The zero-order valence-corrected chi connectivity index (χ0v) is 11.2. The molecule has 0 saturated heterocycles. The van der Waals surface area contributed by atoms with Crippen molar-refractivity contribution in [3.63, 3.8) is 0 Å². The zero-order chi connectivity index (χ0) is 13.9. The van der Waals surface area contributed by atoms with Gasteiger partial charge in [0.05, 0.1) is 7.11 Å². The van der Waals surface area contributed by atoms with E-state index in [2.05, 4.69) is 20.8 Å². The molecule has 1 rings (SSSR count). The fourth-order valence-electron chi connectivity index (χ4n) is 1.52. The zero-order valence-electron chi connectivity index (χ0n) is 11.2. The molecule has 0 spiro atoms. The quantitative estimate of drug-likeness (QED) is 0.806. The fraction of sp³-hybridized carbons (Fsp3) is 0.357. The van der Waals surface area contributed by atoms with E-state index < -0.39 is 5.91 Å². The number of carbonyl (C=O) groups is 1. The van der Waals surface area contributed by atoms with Crippen molar-refractivity contribution in [2.45, 2.75) is 26.2 Å². The molecule has 0 unspecified atom stereocenters. The molecule has 0 aliphatic rings. The van der Waals surface area contributed by atoms with Gasteiger partial charge in [-0.15, -0.1) is 0 Å². The smallest absolute Gasteiger partial charge is 0.241 e. The number of primary amides is 1. The van der Waals surface area contributed by atoms with Gasteiger partial charge in [0.25, 0.3) is 0 Å². The standard InChI is InChI=1S/C14H19NO3/c1-14(2,3)10-7-9(5-6-12(15)16)13(17)11(8-10)18-4/h5-8,17H,1-4H3,(H2,15,16)/b6-5+. The monoisotopic (exact) mass is 249 g/mol. The number of phenols is 1. The molecule has 0 radical (unpaired) electrons. The summed E-state index contributed by atoms with van der Waals surface area (Å²) in [6.07, 6.45) is 2.69. The predicted molar refractivity (Wildman–Crippen MR) is 71.6 cm³/mol. The number of amides is 1. The first-order chi connectivity index (χ1) is 8.25. The average Bonchev–Trinajstić information content (AvgIpc) is 2.26. The minimum atomic E-state index is -0.561. The van der Waals surface area contributed by atoms with E-state index in [1.165, 1.54) is 19.3 Å².